The maximum atomic E-state index is 6.28. The lowest BCUT2D eigenvalue weighted by molar-refractivity contribution is -0.0381. The first-order chi connectivity index (χ1) is 10.7. The minimum Gasteiger partial charge on any atom is -0.377 e. The highest BCUT2D eigenvalue weighted by molar-refractivity contribution is 6.30. The zero-order valence-corrected chi connectivity index (χ0v) is 13.4. The molecule has 0 saturated carbocycles. The fourth-order valence-corrected chi connectivity index (χ4v) is 4.19. The largest absolute Gasteiger partial charge is 0.377 e. The summed E-state index contributed by atoms with van der Waals surface area (Å²) < 4.78 is 6.17. The van der Waals surface area contributed by atoms with Crippen LogP contribution in [0.3, 0.4) is 0 Å². The van der Waals surface area contributed by atoms with Gasteiger partial charge < -0.3 is 10.1 Å². The highest BCUT2D eigenvalue weighted by atomic mass is 35.5. The molecule has 0 unspecified atom stereocenters. The van der Waals surface area contributed by atoms with Crippen LogP contribution in [0, 0.1) is 12.8 Å². The normalized spacial score (nSPS) is 26.7. The SMILES string of the molecule is Cc1cc(Cl)cc2c1N[C@@H](c1ccccc1)[C@@H]1CCCO[C@H]21. The third kappa shape index (κ3) is 2.31. The van der Waals surface area contributed by atoms with Crippen LogP contribution >= 0.6 is 11.6 Å². The van der Waals surface area contributed by atoms with Gasteiger partial charge >= 0.3 is 0 Å². The minimum absolute atomic E-state index is 0.146. The van der Waals surface area contributed by atoms with Crippen LogP contribution in [0.5, 0.6) is 0 Å². The summed E-state index contributed by atoms with van der Waals surface area (Å²) in [6.07, 6.45) is 2.45. The molecule has 1 N–H and O–H groups in total. The summed E-state index contributed by atoms with van der Waals surface area (Å²) in [5.74, 6) is 0.460. The van der Waals surface area contributed by atoms with Gasteiger partial charge in [0.15, 0.2) is 0 Å². The Balaban J connectivity index is 1.83. The summed E-state index contributed by atoms with van der Waals surface area (Å²) >= 11 is 6.28. The third-order valence-electron chi connectivity index (χ3n) is 4.89. The predicted molar refractivity (Wildman–Crippen MR) is 90.4 cm³/mol. The van der Waals surface area contributed by atoms with Gasteiger partial charge in [0, 0.05) is 28.8 Å². The summed E-state index contributed by atoms with van der Waals surface area (Å²) in [6, 6.07) is 15.1. The fraction of sp³-hybridized carbons (Fsp3) is 0.368. The first-order valence-electron chi connectivity index (χ1n) is 7.97. The number of hydrogen-bond donors (Lipinski definition) is 1. The van der Waals surface area contributed by atoms with Crippen molar-refractivity contribution < 1.29 is 4.74 Å². The molecule has 2 aromatic rings. The molecule has 0 spiro atoms. The van der Waals surface area contributed by atoms with Gasteiger partial charge in [-0.2, -0.15) is 0 Å². The van der Waals surface area contributed by atoms with Crippen LogP contribution in [0.1, 0.15) is 41.7 Å². The number of fused-ring (bicyclic) bond motifs is 3. The van der Waals surface area contributed by atoms with Crippen molar-refractivity contribution >= 4 is 17.3 Å². The lowest BCUT2D eigenvalue weighted by atomic mass is 9.77. The Morgan fingerprint density at radius 1 is 1.18 bits per heavy atom. The molecule has 2 aromatic carbocycles. The van der Waals surface area contributed by atoms with Crippen molar-refractivity contribution in [3.63, 3.8) is 0 Å². The van der Waals surface area contributed by atoms with Gasteiger partial charge in [-0.3, -0.25) is 0 Å². The zero-order valence-electron chi connectivity index (χ0n) is 12.7. The number of rotatable bonds is 1. The Kier molecular flexibility index (Phi) is 3.59. The van der Waals surface area contributed by atoms with E-state index in [4.69, 9.17) is 16.3 Å². The molecule has 0 amide bonds. The number of aryl methyl sites for hydroxylation is 1. The van der Waals surface area contributed by atoms with E-state index in [1.807, 2.05) is 6.07 Å². The van der Waals surface area contributed by atoms with Crippen LogP contribution in [0.25, 0.3) is 0 Å². The second kappa shape index (κ2) is 5.60. The van der Waals surface area contributed by atoms with Gasteiger partial charge in [0.1, 0.15) is 0 Å². The molecule has 0 aliphatic carbocycles. The fourth-order valence-electron chi connectivity index (χ4n) is 3.91. The first-order valence-corrected chi connectivity index (χ1v) is 8.35. The maximum absolute atomic E-state index is 6.28. The first kappa shape index (κ1) is 14.1. The Morgan fingerprint density at radius 2 is 2.00 bits per heavy atom. The van der Waals surface area contributed by atoms with E-state index in [-0.39, 0.29) is 6.10 Å². The molecule has 3 heteroatoms. The van der Waals surface area contributed by atoms with Gasteiger partial charge in [0.05, 0.1) is 12.1 Å². The van der Waals surface area contributed by atoms with Crippen molar-refractivity contribution in [2.24, 2.45) is 5.92 Å². The van der Waals surface area contributed by atoms with Crippen molar-refractivity contribution in [1.82, 2.24) is 0 Å². The average Bonchev–Trinajstić information content (AvgIpc) is 2.55. The zero-order chi connectivity index (χ0) is 15.1. The summed E-state index contributed by atoms with van der Waals surface area (Å²) in [7, 11) is 0. The molecule has 2 aliphatic heterocycles. The van der Waals surface area contributed by atoms with E-state index in [1.54, 1.807) is 0 Å². The van der Waals surface area contributed by atoms with E-state index in [2.05, 4.69) is 48.6 Å². The van der Waals surface area contributed by atoms with Gasteiger partial charge in [-0.05, 0) is 43.0 Å². The van der Waals surface area contributed by atoms with Crippen LogP contribution in [-0.4, -0.2) is 6.61 Å². The van der Waals surface area contributed by atoms with E-state index in [0.717, 1.165) is 18.1 Å². The van der Waals surface area contributed by atoms with Crippen molar-refractivity contribution in [2.45, 2.75) is 31.9 Å². The number of halogens is 1. The van der Waals surface area contributed by atoms with E-state index in [0.29, 0.717) is 12.0 Å². The number of benzene rings is 2. The summed E-state index contributed by atoms with van der Waals surface area (Å²) in [5, 5.41) is 4.56. The van der Waals surface area contributed by atoms with Crippen LogP contribution in [0.15, 0.2) is 42.5 Å². The second-order valence-corrected chi connectivity index (χ2v) is 6.75. The maximum Gasteiger partial charge on any atom is 0.0896 e. The van der Waals surface area contributed by atoms with E-state index >= 15 is 0 Å². The van der Waals surface area contributed by atoms with E-state index in [1.165, 1.54) is 28.8 Å². The minimum atomic E-state index is 0.146. The molecule has 2 heterocycles. The van der Waals surface area contributed by atoms with Gasteiger partial charge in [-0.25, -0.2) is 0 Å². The average molecular weight is 314 g/mol. The standard InChI is InChI=1S/C19H20ClNO/c1-12-10-14(20)11-16-17(12)21-18(13-6-3-2-4-7-13)15-8-5-9-22-19(15)16/h2-4,6-7,10-11,15,18-19,21H,5,8-9H2,1H3/t15-,18-,19-/m0/s1. The molecule has 22 heavy (non-hydrogen) atoms. The van der Waals surface area contributed by atoms with Crippen molar-refractivity contribution in [2.75, 3.05) is 11.9 Å². The van der Waals surface area contributed by atoms with Crippen LogP contribution in [0.4, 0.5) is 5.69 Å². The van der Waals surface area contributed by atoms with Crippen LogP contribution in [-0.2, 0) is 4.74 Å². The molecule has 4 rings (SSSR count). The number of ether oxygens (including phenoxy) is 1. The topological polar surface area (TPSA) is 21.3 Å². The molecule has 3 atom stereocenters. The molecule has 114 valence electrons. The van der Waals surface area contributed by atoms with Crippen LogP contribution < -0.4 is 5.32 Å². The molecule has 0 radical (unpaired) electrons. The van der Waals surface area contributed by atoms with Crippen molar-refractivity contribution in [1.29, 1.82) is 0 Å². The van der Waals surface area contributed by atoms with Gasteiger partial charge in [-0.15, -0.1) is 0 Å². The summed E-state index contributed by atoms with van der Waals surface area (Å²) in [5.41, 5.74) is 4.95. The summed E-state index contributed by atoms with van der Waals surface area (Å²) in [6.45, 7) is 2.95. The van der Waals surface area contributed by atoms with E-state index in [9.17, 15) is 0 Å². The number of anilines is 1. The highest BCUT2D eigenvalue weighted by Gasteiger charge is 2.40. The summed E-state index contributed by atoms with van der Waals surface area (Å²) in [4.78, 5) is 0. The molecular weight excluding hydrogens is 294 g/mol. The third-order valence-corrected chi connectivity index (χ3v) is 5.11. The smallest absolute Gasteiger partial charge is 0.0896 e. The monoisotopic (exact) mass is 313 g/mol. The Labute approximate surface area is 136 Å². The van der Waals surface area contributed by atoms with Gasteiger partial charge in [0.2, 0.25) is 0 Å². The molecule has 1 fully saturated rings. The Hall–Kier alpha value is -1.51. The Morgan fingerprint density at radius 3 is 2.82 bits per heavy atom. The van der Waals surface area contributed by atoms with Gasteiger partial charge in [-0.1, -0.05) is 41.9 Å². The van der Waals surface area contributed by atoms with Crippen molar-refractivity contribution in [3.8, 4) is 0 Å². The highest BCUT2D eigenvalue weighted by Crippen LogP contribution is 2.50. The Bertz CT molecular complexity index is 685. The van der Waals surface area contributed by atoms with E-state index < -0.39 is 0 Å². The molecule has 0 bridgehead atoms. The predicted octanol–water partition coefficient (Wildman–Crippen LogP) is 5.28. The molecular formula is C19H20ClNO. The lowest BCUT2D eigenvalue weighted by Crippen LogP contribution is -2.36. The van der Waals surface area contributed by atoms with Crippen LogP contribution in [0.2, 0.25) is 5.02 Å². The lowest BCUT2D eigenvalue weighted by Gasteiger charge is -2.44. The van der Waals surface area contributed by atoms with Crippen molar-refractivity contribution in [3.05, 3.63) is 64.2 Å². The second-order valence-electron chi connectivity index (χ2n) is 6.32. The molecule has 2 aliphatic rings. The molecule has 1 saturated heterocycles. The quantitative estimate of drug-likeness (QED) is 0.773. The molecule has 2 nitrogen and oxygen atoms in total. The number of nitrogens with one attached hydrogen (secondary N) is 1. The number of hydrogen-bond acceptors (Lipinski definition) is 2. The van der Waals surface area contributed by atoms with Gasteiger partial charge in [0.25, 0.3) is 0 Å². The molecule has 0 aromatic heterocycles.